The predicted molar refractivity (Wildman–Crippen MR) is 144 cm³/mol. The van der Waals surface area contributed by atoms with Crippen molar-refractivity contribution in [2.75, 3.05) is 37.7 Å². The Balaban J connectivity index is 1.40. The third-order valence-corrected chi connectivity index (χ3v) is 7.29. The number of carboxylic acids is 1. The maximum absolute atomic E-state index is 13.1. The molecule has 4 rings (SSSR count). The summed E-state index contributed by atoms with van der Waals surface area (Å²) in [5.74, 6) is -1.02. The Hall–Kier alpha value is -3.38. The van der Waals surface area contributed by atoms with Gasteiger partial charge < -0.3 is 20.1 Å². The number of nitrogens with zero attached hydrogens (tertiary/aromatic N) is 1. The summed E-state index contributed by atoms with van der Waals surface area (Å²) in [4.78, 5) is 26.4. The van der Waals surface area contributed by atoms with Crippen molar-refractivity contribution in [3.8, 4) is 0 Å². The number of hydrogen-bond donors (Lipinski definition) is 2. The van der Waals surface area contributed by atoms with Crippen molar-refractivity contribution in [1.29, 1.82) is 0 Å². The number of anilines is 1. The van der Waals surface area contributed by atoms with Crippen LogP contribution in [0.3, 0.4) is 0 Å². The van der Waals surface area contributed by atoms with Crippen molar-refractivity contribution in [3.05, 3.63) is 77.9 Å². The summed E-state index contributed by atoms with van der Waals surface area (Å²) in [6.07, 6.45) is 3.11. The van der Waals surface area contributed by atoms with Gasteiger partial charge in [0.1, 0.15) is 0 Å². The maximum atomic E-state index is 13.1. The molecule has 1 heterocycles. The summed E-state index contributed by atoms with van der Waals surface area (Å²) in [5.41, 5.74) is 2.85. The average molecular weight is 489 g/mol. The van der Waals surface area contributed by atoms with E-state index in [1.54, 1.807) is 0 Å². The number of benzene rings is 3. The van der Waals surface area contributed by atoms with E-state index in [9.17, 15) is 9.59 Å². The smallest absolute Gasteiger partial charge is 0.305 e. The Morgan fingerprint density at radius 2 is 1.72 bits per heavy atom. The first-order valence-electron chi connectivity index (χ1n) is 12.9. The minimum atomic E-state index is -0.914. The molecule has 3 aromatic carbocycles. The minimum Gasteiger partial charge on any atom is -0.481 e. The third kappa shape index (κ3) is 5.88. The van der Waals surface area contributed by atoms with Gasteiger partial charge >= 0.3 is 5.97 Å². The summed E-state index contributed by atoms with van der Waals surface area (Å²) in [6, 6.07) is 23.4. The Morgan fingerprint density at radius 3 is 2.44 bits per heavy atom. The first-order chi connectivity index (χ1) is 17.5. The molecule has 0 unspecified atom stereocenters. The van der Waals surface area contributed by atoms with Gasteiger partial charge in [0.2, 0.25) is 5.91 Å². The van der Waals surface area contributed by atoms with E-state index in [1.807, 2.05) is 0 Å². The van der Waals surface area contributed by atoms with Crippen LogP contribution < -0.4 is 10.2 Å². The molecule has 3 aromatic rings. The van der Waals surface area contributed by atoms with Gasteiger partial charge in [-0.25, -0.2) is 0 Å². The van der Waals surface area contributed by atoms with Crippen LogP contribution in [-0.2, 0) is 26.2 Å². The summed E-state index contributed by atoms with van der Waals surface area (Å²) in [6.45, 7) is 5.31. The Morgan fingerprint density at radius 1 is 1.00 bits per heavy atom. The van der Waals surface area contributed by atoms with Crippen molar-refractivity contribution >= 4 is 28.3 Å². The molecule has 0 aromatic heterocycles. The van der Waals surface area contributed by atoms with E-state index in [4.69, 9.17) is 9.84 Å². The van der Waals surface area contributed by atoms with E-state index in [2.05, 4.69) is 83.9 Å². The molecule has 2 N–H and O–H groups in total. The van der Waals surface area contributed by atoms with Crippen LogP contribution in [0.4, 0.5) is 5.69 Å². The molecule has 1 fully saturated rings. The van der Waals surface area contributed by atoms with E-state index in [0.29, 0.717) is 26.1 Å². The second-order valence-corrected chi connectivity index (χ2v) is 9.47. The molecular formula is C30H36N2O4. The first kappa shape index (κ1) is 25.7. The lowest BCUT2D eigenvalue weighted by Crippen LogP contribution is -2.48. The highest BCUT2D eigenvalue weighted by atomic mass is 16.5. The van der Waals surface area contributed by atoms with Gasteiger partial charge in [-0.2, -0.15) is 0 Å². The number of carbonyl (C=O) groups excluding carboxylic acids is 1. The zero-order valence-corrected chi connectivity index (χ0v) is 21.0. The summed E-state index contributed by atoms with van der Waals surface area (Å²) >= 11 is 0. The van der Waals surface area contributed by atoms with E-state index >= 15 is 0 Å². The van der Waals surface area contributed by atoms with Crippen LogP contribution in [0.2, 0.25) is 0 Å². The van der Waals surface area contributed by atoms with Crippen LogP contribution in [0.25, 0.3) is 10.8 Å². The van der Waals surface area contributed by atoms with Crippen LogP contribution in [0.15, 0.2) is 66.7 Å². The van der Waals surface area contributed by atoms with Crippen LogP contribution in [0.5, 0.6) is 0 Å². The van der Waals surface area contributed by atoms with E-state index < -0.39 is 11.4 Å². The van der Waals surface area contributed by atoms with E-state index in [-0.39, 0.29) is 18.9 Å². The minimum absolute atomic E-state index is 0.0786. The maximum Gasteiger partial charge on any atom is 0.305 e. The molecule has 0 bridgehead atoms. The number of carboxylic acid groups (broad SMARTS) is 1. The number of amides is 1. The molecule has 6 heteroatoms. The number of aryl methyl sites for hydroxylation is 1. The molecule has 190 valence electrons. The molecule has 1 saturated heterocycles. The van der Waals surface area contributed by atoms with Gasteiger partial charge in [0, 0.05) is 43.9 Å². The van der Waals surface area contributed by atoms with Crippen LogP contribution in [0.1, 0.15) is 43.7 Å². The normalized spacial score (nSPS) is 14.9. The molecule has 0 atom stereocenters. The molecule has 1 aliphatic rings. The third-order valence-electron chi connectivity index (χ3n) is 7.29. The van der Waals surface area contributed by atoms with Crippen LogP contribution >= 0.6 is 0 Å². The standard InChI is InChI=1S/C30H36N2O4/c1-2-32(27-11-5-9-24-8-3-4-10-26(24)27)20-6-7-23-12-14-25(15-13-23)30(17-21-36-22-18-30)29(35)31-19-16-28(33)34/h3-5,8-15H,2,6-7,16-22H2,1H3,(H,31,35)(H,33,34). The topological polar surface area (TPSA) is 78.9 Å². The Labute approximate surface area is 213 Å². The van der Waals surface area contributed by atoms with Crippen molar-refractivity contribution in [1.82, 2.24) is 5.32 Å². The Bertz CT molecular complexity index is 1160. The van der Waals surface area contributed by atoms with Gasteiger partial charge in [-0.15, -0.1) is 0 Å². The molecule has 0 radical (unpaired) electrons. The molecule has 1 amide bonds. The number of aliphatic carboxylic acids is 1. The van der Waals surface area contributed by atoms with Crippen molar-refractivity contribution < 1.29 is 19.4 Å². The monoisotopic (exact) mass is 488 g/mol. The molecule has 0 aliphatic carbocycles. The second-order valence-electron chi connectivity index (χ2n) is 9.47. The van der Waals surface area contributed by atoms with Gasteiger partial charge in [-0.1, -0.05) is 60.7 Å². The summed E-state index contributed by atoms with van der Waals surface area (Å²) in [5, 5.41) is 14.3. The van der Waals surface area contributed by atoms with Crippen LogP contribution in [-0.4, -0.2) is 49.8 Å². The zero-order chi connectivity index (χ0) is 25.4. The van der Waals surface area contributed by atoms with Crippen LogP contribution in [0, 0.1) is 0 Å². The second kappa shape index (κ2) is 12.0. The number of nitrogens with one attached hydrogen (secondary N) is 1. The van der Waals surface area contributed by atoms with E-state index in [1.165, 1.54) is 22.0 Å². The van der Waals surface area contributed by atoms with Gasteiger partial charge in [0.25, 0.3) is 0 Å². The molecule has 0 spiro atoms. The SMILES string of the molecule is CCN(CCCc1ccc(C2(C(=O)NCCC(=O)O)CCOCC2)cc1)c1cccc2ccccc12. The quantitative estimate of drug-likeness (QED) is 0.400. The average Bonchev–Trinajstić information content (AvgIpc) is 2.91. The molecule has 6 nitrogen and oxygen atoms in total. The largest absolute Gasteiger partial charge is 0.481 e. The first-order valence-corrected chi connectivity index (χ1v) is 12.9. The number of carbonyl (C=O) groups is 2. The fourth-order valence-electron chi connectivity index (χ4n) is 5.22. The van der Waals surface area contributed by atoms with Gasteiger partial charge in [0.05, 0.1) is 11.8 Å². The van der Waals surface area contributed by atoms with Gasteiger partial charge in [-0.05, 0) is 55.2 Å². The Kier molecular flexibility index (Phi) is 8.60. The highest BCUT2D eigenvalue weighted by Gasteiger charge is 2.41. The van der Waals surface area contributed by atoms with Gasteiger partial charge in [-0.3, -0.25) is 9.59 Å². The lowest BCUT2D eigenvalue weighted by molar-refractivity contribution is -0.137. The zero-order valence-electron chi connectivity index (χ0n) is 21.0. The van der Waals surface area contributed by atoms with E-state index in [0.717, 1.165) is 31.5 Å². The highest BCUT2D eigenvalue weighted by molar-refractivity contribution is 5.94. The highest BCUT2D eigenvalue weighted by Crippen LogP contribution is 2.35. The lowest BCUT2D eigenvalue weighted by atomic mass is 9.73. The fourth-order valence-corrected chi connectivity index (χ4v) is 5.22. The predicted octanol–water partition coefficient (Wildman–Crippen LogP) is 4.94. The van der Waals surface area contributed by atoms with Crippen molar-refractivity contribution in [2.24, 2.45) is 0 Å². The fraction of sp³-hybridized carbons (Fsp3) is 0.400. The van der Waals surface area contributed by atoms with Crippen molar-refractivity contribution in [2.45, 2.75) is 44.4 Å². The van der Waals surface area contributed by atoms with Crippen molar-refractivity contribution in [3.63, 3.8) is 0 Å². The summed E-state index contributed by atoms with van der Waals surface area (Å²) in [7, 11) is 0. The lowest BCUT2D eigenvalue weighted by Gasteiger charge is -2.36. The summed E-state index contributed by atoms with van der Waals surface area (Å²) < 4.78 is 5.53. The number of ether oxygens (including phenoxy) is 1. The number of rotatable bonds is 11. The molecule has 36 heavy (non-hydrogen) atoms. The molecule has 1 aliphatic heterocycles. The number of hydrogen-bond acceptors (Lipinski definition) is 4. The van der Waals surface area contributed by atoms with Gasteiger partial charge in [0.15, 0.2) is 0 Å². The molecular weight excluding hydrogens is 452 g/mol. The number of fused-ring (bicyclic) bond motifs is 1. The molecule has 0 saturated carbocycles.